The van der Waals surface area contributed by atoms with Crippen LogP contribution in [-0.2, 0) is 0 Å². The lowest BCUT2D eigenvalue weighted by atomic mass is 10.2. The van der Waals surface area contributed by atoms with E-state index in [9.17, 15) is 0 Å². The number of piperazine rings is 1. The normalized spacial score (nSPS) is 30.0. The first-order chi connectivity index (χ1) is 6.79. The van der Waals surface area contributed by atoms with E-state index < -0.39 is 0 Å². The van der Waals surface area contributed by atoms with Crippen LogP contribution in [0.1, 0.15) is 12.8 Å². The van der Waals surface area contributed by atoms with E-state index >= 15 is 0 Å². The molecule has 1 heterocycles. The Bertz CT molecular complexity index is 267. The van der Waals surface area contributed by atoms with E-state index in [4.69, 9.17) is 6.42 Å². The van der Waals surface area contributed by atoms with Gasteiger partial charge in [-0.15, -0.1) is 6.42 Å². The largest absolute Gasteiger partial charge is 0.304 e. The highest BCUT2D eigenvalue weighted by Crippen LogP contribution is 2.22. The number of hydrogen-bond donors (Lipinski definition) is 0. The third-order valence-corrected chi connectivity index (χ3v) is 3.30. The molecule has 2 heteroatoms. The molecule has 0 bridgehead atoms. The average molecular weight is 190 g/mol. The smallest absolute Gasteiger partial charge is 0.0294 e. The second-order valence-electron chi connectivity index (χ2n) is 4.28. The number of nitrogens with zero attached hydrogens (tertiary/aromatic N) is 2. The maximum atomic E-state index is 5.40. The zero-order chi connectivity index (χ0) is 9.97. The number of hydrogen-bond acceptors (Lipinski definition) is 2. The fourth-order valence-corrected chi connectivity index (χ4v) is 2.26. The van der Waals surface area contributed by atoms with Crippen molar-refractivity contribution in [3.05, 3.63) is 11.6 Å². The summed E-state index contributed by atoms with van der Waals surface area (Å²) >= 11 is 0. The van der Waals surface area contributed by atoms with Gasteiger partial charge >= 0.3 is 0 Å². The Morgan fingerprint density at radius 2 is 2.07 bits per heavy atom. The summed E-state index contributed by atoms with van der Waals surface area (Å²) in [5.41, 5.74) is 1.20. The summed E-state index contributed by atoms with van der Waals surface area (Å²) in [7, 11) is 2.19. The van der Waals surface area contributed by atoms with Crippen LogP contribution in [0, 0.1) is 12.3 Å². The van der Waals surface area contributed by atoms with Gasteiger partial charge in [-0.25, -0.2) is 0 Å². The molecule has 0 aromatic heterocycles. The minimum atomic E-state index is 0.620. The molecule has 0 radical (unpaired) electrons. The summed E-state index contributed by atoms with van der Waals surface area (Å²) in [6, 6.07) is 0.620. The van der Waals surface area contributed by atoms with E-state index in [-0.39, 0.29) is 0 Å². The van der Waals surface area contributed by atoms with Crippen molar-refractivity contribution in [2.75, 3.05) is 33.2 Å². The molecule has 1 saturated heterocycles. The standard InChI is InChI=1S/C12H18N2/c1-3-11-4-5-12(10-11)14-8-6-13(2)7-9-14/h1,10,12H,4-9H2,2H3/t12-/m1/s1. The summed E-state index contributed by atoms with van der Waals surface area (Å²) in [4.78, 5) is 4.95. The summed E-state index contributed by atoms with van der Waals surface area (Å²) in [6.07, 6.45) is 10.0. The number of rotatable bonds is 1. The van der Waals surface area contributed by atoms with Gasteiger partial charge in [0, 0.05) is 32.2 Å². The van der Waals surface area contributed by atoms with Gasteiger partial charge in [0.15, 0.2) is 0 Å². The second kappa shape index (κ2) is 4.16. The minimum Gasteiger partial charge on any atom is -0.304 e. The molecule has 76 valence electrons. The third-order valence-electron chi connectivity index (χ3n) is 3.30. The van der Waals surface area contributed by atoms with Gasteiger partial charge in [-0.05, 0) is 25.5 Å². The van der Waals surface area contributed by atoms with Crippen molar-refractivity contribution < 1.29 is 0 Å². The molecular formula is C12H18N2. The van der Waals surface area contributed by atoms with Gasteiger partial charge in [-0.3, -0.25) is 4.90 Å². The molecule has 0 amide bonds. The predicted molar refractivity (Wildman–Crippen MR) is 59.0 cm³/mol. The van der Waals surface area contributed by atoms with Crippen LogP contribution in [0.2, 0.25) is 0 Å². The fraction of sp³-hybridized carbons (Fsp3) is 0.667. The number of allylic oxidation sites excluding steroid dienone is 1. The molecule has 2 aliphatic rings. The Morgan fingerprint density at radius 3 is 2.64 bits per heavy atom. The zero-order valence-electron chi connectivity index (χ0n) is 8.87. The van der Waals surface area contributed by atoms with Gasteiger partial charge in [0.05, 0.1) is 0 Å². The average Bonchev–Trinajstić information content (AvgIpc) is 2.67. The topological polar surface area (TPSA) is 6.48 Å². The van der Waals surface area contributed by atoms with Crippen LogP contribution in [0.15, 0.2) is 11.6 Å². The van der Waals surface area contributed by atoms with E-state index in [2.05, 4.69) is 28.8 Å². The summed E-state index contributed by atoms with van der Waals surface area (Å²) in [6.45, 7) is 4.76. The van der Waals surface area contributed by atoms with E-state index in [1.807, 2.05) is 0 Å². The quantitative estimate of drug-likeness (QED) is 0.568. The summed E-state index contributed by atoms with van der Waals surface area (Å²) < 4.78 is 0. The summed E-state index contributed by atoms with van der Waals surface area (Å²) in [5.74, 6) is 2.77. The van der Waals surface area contributed by atoms with Crippen molar-refractivity contribution in [3.8, 4) is 12.3 Å². The van der Waals surface area contributed by atoms with Gasteiger partial charge in [0.25, 0.3) is 0 Å². The number of terminal acetylenes is 1. The molecule has 0 aromatic rings. The van der Waals surface area contributed by atoms with Crippen LogP contribution in [-0.4, -0.2) is 49.1 Å². The lowest BCUT2D eigenvalue weighted by Gasteiger charge is -2.35. The van der Waals surface area contributed by atoms with Crippen LogP contribution in [0.4, 0.5) is 0 Å². The first kappa shape index (κ1) is 9.76. The van der Waals surface area contributed by atoms with E-state index in [0.29, 0.717) is 6.04 Å². The molecule has 1 fully saturated rings. The van der Waals surface area contributed by atoms with Crippen LogP contribution < -0.4 is 0 Å². The van der Waals surface area contributed by atoms with Crippen LogP contribution >= 0.6 is 0 Å². The van der Waals surface area contributed by atoms with E-state index in [1.54, 1.807) is 0 Å². The Hall–Kier alpha value is -0.780. The molecule has 2 nitrogen and oxygen atoms in total. The SMILES string of the molecule is C#CC1=C[C@H](N2CCN(C)CC2)CC1. The molecule has 1 atom stereocenters. The molecule has 0 N–H and O–H groups in total. The van der Waals surface area contributed by atoms with Gasteiger partial charge < -0.3 is 4.90 Å². The predicted octanol–water partition coefficient (Wildman–Crippen LogP) is 0.956. The molecule has 0 aromatic carbocycles. The maximum absolute atomic E-state index is 5.40. The minimum absolute atomic E-state index is 0.620. The number of likely N-dealkylation sites (N-methyl/N-ethyl adjacent to an activating group) is 1. The molecule has 0 saturated carbocycles. The zero-order valence-corrected chi connectivity index (χ0v) is 8.87. The van der Waals surface area contributed by atoms with Crippen molar-refractivity contribution >= 4 is 0 Å². The first-order valence-electron chi connectivity index (χ1n) is 5.39. The highest BCUT2D eigenvalue weighted by Gasteiger charge is 2.24. The van der Waals surface area contributed by atoms with Crippen LogP contribution in [0.3, 0.4) is 0 Å². The van der Waals surface area contributed by atoms with Crippen LogP contribution in [0.5, 0.6) is 0 Å². The monoisotopic (exact) mass is 190 g/mol. The van der Waals surface area contributed by atoms with Gasteiger partial charge in [-0.2, -0.15) is 0 Å². The van der Waals surface area contributed by atoms with Gasteiger partial charge in [-0.1, -0.05) is 12.0 Å². The van der Waals surface area contributed by atoms with Crippen molar-refractivity contribution in [1.82, 2.24) is 9.80 Å². The Balaban J connectivity index is 1.91. The third kappa shape index (κ3) is 2.00. The van der Waals surface area contributed by atoms with Crippen molar-refractivity contribution in [2.45, 2.75) is 18.9 Å². The van der Waals surface area contributed by atoms with Crippen molar-refractivity contribution in [3.63, 3.8) is 0 Å². The van der Waals surface area contributed by atoms with E-state index in [0.717, 1.165) is 6.42 Å². The van der Waals surface area contributed by atoms with Gasteiger partial charge in [0.1, 0.15) is 0 Å². The molecular weight excluding hydrogens is 172 g/mol. The Labute approximate surface area is 86.6 Å². The molecule has 0 spiro atoms. The van der Waals surface area contributed by atoms with Gasteiger partial charge in [0.2, 0.25) is 0 Å². The Kier molecular flexibility index (Phi) is 2.90. The highest BCUT2D eigenvalue weighted by atomic mass is 15.3. The maximum Gasteiger partial charge on any atom is 0.0294 e. The van der Waals surface area contributed by atoms with Crippen LogP contribution in [0.25, 0.3) is 0 Å². The second-order valence-corrected chi connectivity index (χ2v) is 4.28. The van der Waals surface area contributed by atoms with E-state index in [1.165, 1.54) is 38.2 Å². The molecule has 1 aliphatic heterocycles. The Morgan fingerprint density at radius 1 is 1.36 bits per heavy atom. The van der Waals surface area contributed by atoms with Crippen molar-refractivity contribution in [1.29, 1.82) is 0 Å². The summed E-state index contributed by atoms with van der Waals surface area (Å²) in [5, 5.41) is 0. The lowest BCUT2D eigenvalue weighted by molar-refractivity contribution is 0.129. The fourth-order valence-electron chi connectivity index (χ4n) is 2.26. The molecule has 0 unspecified atom stereocenters. The molecule has 2 rings (SSSR count). The highest BCUT2D eigenvalue weighted by molar-refractivity contribution is 5.30. The lowest BCUT2D eigenvalue weighted by Crippen LogP contribution is -2.47. The molecule has 14 heavy (non-hydrogen) atoms. The first-order valence-corrected chi connectivity index (χ1v) is 5.39. The molecule has 1 aliphatic carbocycles. The van der Waals surface area contributed by atoms with Crippen molar-refractivity contribution in [2.24, 2.45) is 0 Å².